The standard InChI is InChI=1S/C26H23NO3/c28-26(24-15-29-22-11-5-6-12-23(22)30-24)27-14-16-13-21-17-7-1-3-9-19(17)25(16)20-10-4-2-8-18(20)21/h1-12,16,21,24-25H,13-15H2,(H,27,28)/t16-,21?,24+,25?/m1/s1. The van der Waals surface area contributed by atoms with Gasteiger partial charge in [-0.15, -0.1) is 0 Å². The first-order valence-corrected chi connectivity index (χ1v) is 10.6. The first-order chi connectivity index (χ1) is 14.8. The number of ether oxygens (including phenoxy) is 2. The Hall–Kier alpha value is -3.27. The fraction of sp³-hybridized carbons (Fsp3) is 0.269. The Labute approximate surface area is 175 Å². The van der Waals surface area contributed by atoms with Gasteiger partial charge in [-0.3, -0.25) is 4.79 Å². The van der Waals surface area contributed by atoms with Crippen molar-refractivity contribution in [2.45, 2.75) is 24.4 Å². The molecular weight excluding hydrogens is 374 g/mol. The molecule has 7 rings (SSSR count). The van der Waals surface area contributed by atoms with E-state index in [0.29, 0.717) is 35.8 Å². The lowest BCUT2D eigenvalue weighted by Gasteiger charge is -2.45. The molecule has 3 aliphatic carbocycles. The first-order valence-electron chi connectivity index (χ1n) is 10.6. The van der Waals surface area contributed by atoms with Crippen LogP contribution in [0.15, 0.2) is 72.8 Å². The summed E-state index contributed by atoms with van der Waals surface area (Å²) in [5, 5.41) is 3.16. The molecule has 0 saturated heterocycles. The summed E-state index contributed by atoms with van der Waals surface area (Å²) in [6.07, 6.45) is 0.448. The van der Waals surface area contributed by atoms with Crippen LogP contribution in [0, 0.1) is 5.92 Å². The summed E-state index contributed by atoms with van der Waals surface area (Å²) in [4.78, 5) is 12.8. The maximum absolute atomic E-state index is 12.8. The molecule has 30 heavy (non-hydrogen) atoms. The molecule has 0 aromatic heterocycles. The van der Waals surface area contributed by atoms with Crippen molar-refractivity contribution in [1.82, 2.24) is 5.32 Å². The number of hydrogen-bond acceptors (Lipinski definition) is 3. The molecule has 4 nitrogen and oxygen atoms in total. The van der Waals surface area contributed by atoms with Crippen molar-refractivity contribution in [3.05, 3.63) is 95.1 Å². The minimum absolute atomic E-state index is 0.104. The summed E-state index contributed by atoms with van der Waals surface area (Å²) >= 11 is 0. The van der Waals surface area contributed by atoms with Crippen molar-refractivity contribution in [3.8, 4) is 11.5 Å². The highest BCUT2D eigenvalue weighted by Gasteiger charge is 2.43. The molecule has 2 atom stereocenters. The lowest BCUT2D eigenvalue weighted by Crippen LogP contribution is -2.47. The number of amides is 1. The Morgan fingerprint density at radius 2 is 1.43 bits per heavy atom. The van der Waals surface area contributed by atoms with Gasteiger partial charge in [0.2, 0.25) is 6.10 Å². The van der Waals surface area contributed by atoms with Gasteiger partial charge in [-0.25, -0.2) is 0 Å². The summed E-state index contributed by atoms with van der Waals surface area (Å²) in [7, 11) is 0. The summed E-state index contributed by atoms with van der Waals surface area (Å²) < 4.78 is 11.6. The second-order valence-corrected chi connectivity index (χ2v) is 8.39. The van der Waals surface area contributed by atoms with Crippen LogP contribution in [0.25, 0.3) is 0 Å². The van der Waals surface area contributed by atoms with Crippen molar-refractivity contribution < 1.29 is 14.3 Å². The van der Waals surface area contributed by atoms with Gasteiger partial charge in [0.05, 0.1) is 0 Å². The largest absolute Gasteiger partial charge is 0.485 e. The molecule has 0 saturated carbocycles. The van der Waals surface area contributed by atoms with E-state index in [9.17, 15) is 4.79 Å². The molecule has 3 aromatic rings. The summed E-state index contributed by atoms with van der Waals surface area (Å²) in [5.41, 5.74) is 5.73. The highest BCUT2D eigenvalue weighted by molar-refractivity contribution is 5.81. The quantitative estimate of drug-likeness (QED) is 0.719. The van der Waals surface area contributed by atoms with Gasteiger partial charge in [-0.1, -0.05) is 60.7 Å². The maximum atomic E-state index is 12.8. The van der Waals surface area contributed by atoms with E-state index in [1.807, 2.05) is 24.3 Å². The van der Waals surface area contributed by atoms with Crippen LogP contribution in [-0.4, -0.2) is 25.2 Å². The molecule has 150 valence electrons. The van der Waals surface area contributed by atoms with Gasteiger partial charge >= 0.3 is 0 Å². The second kappa shape index (κ2) is 6.91. The number of carbonyl (C=O) groups is 1. The van der Waals surface area contributed by atoms with Crippen LogP contribution in [0.2, 0.25) is 0 Å². The van der Waals surface area contributed by atoms with Crippen molar-refractivity contribution >= 4 is 5.91 Å². The normalized spacial score (nSPS) is 25.2. The van der Waals surface area contributed by atoms with E-state index in [4.69, 9.17) is 9.47 Å². The molecule has 1 heterocycles. The predicted octanol–water partition coefficient (Wildman–Crippen LogP) is 4.24. The van der Waals surface area contributed by atoms with Crippen molar-refractivity contribution in [2.24, 2.45) is 5.92 Å². The number of fused-ring (bicyclic) bond motifs is 2. The molecule has 4 aliphatic rings. The zero-order valence-electron chi connectivity index (χ0n) is 16.6. The summed E-state index contributed by atoms with van der Waals surface area (Å²) in [5.74, 6) is 2.33. The maximum Gasteiger partial charge on any atom is 0.264 e. The van der Waals surface area contributed by atoms with Crippen LogP contribution in [0.3, 0.4) is 0 Å². The van der Waals surface area contributed by atoms with Crippen LogP contribution in [0.5, 0.6) is 11.5 Å². The molecule has 0 spiro atoms. The number of carbonyl (C=O) groups excluding carboxylic acids is 1. The molecule has 4 heteroatoms. The van der Waals surface area contributed by atoms with Gasteiger partial charge in [0.1, 0.15) is 6.61 Å². The van der Waals surface area contributed by atoms with Gasteiger partial charge in [0, 0.05) is 18.4 Å². The molecule has 3 aromatic carbocycles. The summed E-state index contributed by atoms with van der Waals surface area (Å²) in [6.45, 7) is 0.884. The van der Waals surface area contributed by atoms with Gasteiger partial charge in [0.25, 0.3) is 5.91 Å². The van der Waals surface area contributed by atoms with Gasteiger partial charge in [-0.05, 0) is 46.7 Å². The lowest BCUT2D eigenvalue weighted by atomic mass is 9.59. The Balaban J connectivity index is 1.21. The second-order valence-electron chi connectivity index (χ2n) is 8.39. The number of benzene rings is 3. The van der Waals surface area contributed by atoms with E-state index in [0.717, 1.165) is 6.42 Å². The topological polar surface area (TPSA) is 47.6 Å². The molecule has 0 unspecified atom stereocenters. The molecule has 1 amide bonds. The Morgan fingerprint density at radius 1 is 0.833 bits per heavy atom. The molecule has 1 aliphatic heterocycles. The van der Waals surface area contributed by atoms with Crippen molar-refractivity contribution in [1.29, 1.82) is 0 Å². The third-order valence-corrected chi connectivity index (χ3v) is 6.76. The van der Waals surface area contributed by atoms with E-state index in [1.165, 1.54) is 22.3 Å². The summed E-state index contributed by atoms with van der Waals surface area (Å²) in [6, 6.07) is 25.0. The average Bonchev–Trinajstić information content (AvgIpc) is 2.82. The molecular formula is C26H23NO3. The van der Waals surface area contributed by atoms with Gasteiger partial charge in [0.15, 0.2) is 11.5 Å². The zero-order chi connectivity index (χ0) is 20.1. The number of hydrogen-bond donors (Lipinski definition) is 1. The minimum atomic E-state index is -0.611. The Morgan fingerprint density at radius 3 is 2.13 bits per heavy atom. The highest BCUT2D eigenvalue weighted by Crippen LogP contribution is 2.55. The smallest absolute Gasteiger partial charge is 0.264 e. The molecule has 0 radical (unpaired) electrons. The molecule has 0 fully saturated rings. The first kappa shape index (κ1) is 17.6. The molecule has 1 N–H and O–H groups in total. The number of para-hydroxylation sites is 2. The van der Waals surface area contributed by atoms with Crippen molar-refractivity contribution in [3.63, 3.8) is 0 Å². The van der Waals surface area contributed by atoms with E-state index < -0.39 is 6.10 Å². The predicted molar refractivity (Wildman–Crippen MR) is 114 cm³/mol. The monoisotopic (exact) mass is 397 g/mol. The Bertz CT molecular complexity index is 1080. The van der Waals surface area contributed by atoms with Crippen molar-refractivity contribution in [2.75, 3.05) is 13.2 Å². The fourth-order valence-electron chi connectivity index (χ4n) is 5.45. The van der Waals surface area contributed by atoms with E-state index >= 15 is 0 Å². The van der Waals surface area contributed by atoms with E-state index in [2.05, 4.69) is 53.8 Å². The fourth-order valence-corrected chi connectivity index (χ4v) is 5.45. The lowest BCUT2D eigenvalue weighted by molar-refractivity contribution is -0.130. The van der Waals surface area contributed by atoms with Gasteiger partial charge < -0.3 is 14.8 Å². The highest BCUT2D eigenvalue weighted by atomic mass is 16.6. The van der Waals surface area contributed by atoms with Crippen LogP contribution in [-0.2, 0) is 4.79 Å². The number of rotatable bonds is 3. The van der Waals surface area contributed by atoms with Crippen LogP contribution < -0.4 is 14.8 Å². The van der Waals surface area contributed by atoms with Crippen LogP contribution >= 0.6 is 0 Å². The zero-order valence-corrected chi connectivity index (χ0v) is 16.6. The Kier molecular flexibility index (Phi) is 4.05. The van der Waals surface area contributed by atoms with Crippen LogP contribution in [0.4, 0.5) is 0 Å². The molecule has 2 bridgehead atoms. The SMILES string of the molecule is O=C(NC[C@H]1CC2c3ccccc3C1c1ccccc12)[C@@H]1COc2ccccc2O1. The third kappa shape index (κ3) is 2.71. The number of nitrogens with one attached hydrogen (secondary N) is 1. The van der Waals surface area contributed by atoms with Crippen LogP contribution in [0.1, 0.15) is 40.5 Å². The third-order valence-electron chi connectivity index (χ3n) is 6.76. The van der Waals surface area contributed by atoms with E-state index in [-0.39, 0.29) is 12.5 Å². The van der Waals surface area contributed by atoms with E-state index in [1.54, 1.807) is 0 Å². The van der Waals surface area contributed by atoms with Gasteiger partial charge in [-0.2, -0.15) is 0 Å². The average molecular weight is 397 g/mol. The minimum Gasteiger partial charge on any atom is -0.485 e.